The fourth-order valence-corrected chi connectivity index (χ4v) is 1.78. The van der Waals surface area contributed by atoms with Crippen molar-refractivity contribution in [1.82, 2.24) is 0 Å². The number of carbonyl (C=O) groups is 1. The van der Waals surface area contributed by atoms with Gasteiger partial charge in [-0.1, -0.05) is 24.3 Å². The summed E-state index contributed by atoms with van der Waals surface area (Å²) >= 11 is 0. The summed E-state index contributed by atoms with van der Waals surface area (Å²) in [4.78, 5) is 11.7. The van der Waals surface area contributed by atoms with Gasteiger partial charge in [0.2, 0.25) is 0 Å². The molecule has 0 unspecified atom stereocenters. The minimum absolute atomic E-state index is 0.0227. The molecule has 18 heavy (non-hydrogen) atoms. The molecule has 1 aliphatic rings. The van der Waals surface area contributed by atoms with Crippen LogP contribution in [0.2, 0.25) is 0 Å². The zero-order valence-electron chi connectivity index (χ0n) is 10.3. The van der Waals surface area contributed by atoms with Crippen molar-refractivity contribution in [3.63, 3.8) is 0 Å². The molecular weight excluding hydrogens is 228 g/mol. The van der Waals surface area contributed by atoms with Crippen molar-refractivity contribution in [2.24, 2.45) is 0 Å². The van der Waals surface area contributed by atoms with Gasteiger partial charge >= 0.3 is 0 Å². The Labute approximate surface area is 106 Å². The number of hydrogen-bond donors (Lipinski definition) is 0. The lowest BCUT2D eigenvalue weighted by Crippen LogP contribution is -2.00. The maximum absolute atomic E-state index is 11.7. The van der Waals surface area contributed by atoms with Crippen LogP contribution >= 0.6 is 0 Å². The zero-order valence-corrected chi connectivity index (χ0v) is 10.3. The maximum atomic E-state index is 11.7. The molecule has 0 aliphatic heterocycles. The number of allylic oxidation sites excluding steroid dienone is 5. The first-order valence-corrected chi connectivity index (χ1v) is 5.58. The average molecular weight is 242 g/mol. The fraction of sp³-hybridized carbons (Fsp3) is 0.133. The number of benzene rings is 1. The van der Waals surface area contributed by atoms with Crippen molar-refractivity contribution in [1.29, 1.82) is 0 Å². The molecule has 3 nitrogen and oxygen atoms in total. The summed E-state index contributed by atoms with van der Waals surface area (Å²) in [5, 5.41) is 0. The van der Waals surface area contributed by atoms with E-state index in [0.717, 1.165) is 5.56 Å². The second-order valence-electron chi connectivity index (χ2n) is 3.76. The predicted molar refractivity (Wildman–Crippen MR) is 70.8 cm³/mol. The van der Waals surface area contributed by atoms with E-state index in [2.05, 4.69) is 0 Å². The van der Waals surface area contributed by atoms with Gasteiger partial charge in [0.15, 0.2) is 5.78 Å². The molecule has 0 radical (unpaired) electrons. The third-order valence-electron chi connectivity index (χ3n) is 2.68. The van der Waals surface area contributed by atoms with Gasteiger partial charge in [0.1, 0.15) is 11.5 Å². The standard InChI is InChI=1S/C15H14O3/c1-17-14-8-5-9-15(18-2)12(14)10-11-6-3-4-7-13(11)16/h3-10H,1-2H3/b11-10+. The maximum Gasteiger partial charge on any atom is 0.185 e. The highest BCUT2D eigenvalue weighted by atomic mass is 16.5. The summed E-state index contributed by atoms with van der Waals surface area (Å²) in [5.74, 6) is 1.33. The van der Waals surface area contributed by atoms with Gasteiger partial charge in [-0.25, -0.2) is 0 Å². The van der Waals surface area contributed by atoms with Crippen LogP contribution in [-0.4, -0.2) is 20.0 Å². The van der Waals surface area contributed by atoms with Crippen molar-refractivity contribution in [3.8, 4) is 11.5 Å². The summed E-state index contributed by atoms with van der Waals surface area (Å²) in [6.45, 7) is 0. The lowest BCUT2D eigenvalue weighted by molar-refractivity contribution is -0.111. The van der Waals surface area contributed by atoms with E-state index in [1.165, 1.54) is 6.08 Å². The van der Waals surface area contributed by atoms with Crippen LogP contribution in [0.25, 0.3) is 6.08 Å². The molecule has 0 saturated carbocycles. The Morgan fingerprint density at radius 2 is 1.61 bits per heavy atom. The highest BCUT2D eigenvalue weighted by Gasteiger charge is 2.11. The molecule has 0 amide bonds. The molecule has 92 valence electrons. The van der Waals surface area contributed by atoms with E-state index in [1.54, 1.807) is 32.4 Å². The molecule has 0 saturated heterocycles. The van der Waals surface area contributed by atoms with Gasteiger partial charge < -0.3 is 9.47 Å². The Morgan fingerprint density at radius 1 is 1.00 bits per heavy atom. The van der Waals surface area contributed by atoms with Crippen LogP contribution in [0.1, 0.15) is 5.56 Å². The third-order valence-corrected chi connectivity index (χ3v) is 2.68. The van der Waals surface area contributed by atoms with E-state index in [1.807, 2.05) is 24.3 Å². The second kappa shape index (κ2) is 5.36. The molecule has 0 fully saturated rings. The highest BCUT2D eigenvalue weighted by Crippen LogP contribution is 2.31. The van der Waals surface area contributed by atoms with Gasteiger partial charge in [-0.3, -0.25) is 4.79 Å². The second-order valence-corrected chi connectivity index (χ2v) is 3.76. The minimum Gasteiger partial charge on any atom is -0.496 e. The number of ketones is 1. The van der Waals surface area contributed by atoms with Crippen molar-refractivity contribution in [2.75, 3.05) is 14.2 Å². The van der Waals surface area contributed by atoms with Crippen LogP contribution in [0.3, 0.4) is 0 Å². The van der Waals surface area contributed by atoms with Gasteiger partial charge in [0.25, 0.3) is 0 Å². The van der Waals surface area contributed by atoms with E-state index in [-0.39, 0.29) is 5.78 Å². The van der Waals surface area contributed by atoms with E-state index in [9.17, 15) is 4.79 Å². The first kappa shape index (κ1) is 12.2. The lowest BCUT2D eigenvalue weighted by atomic mass is 10.0. The van der Waals surface area contributed by atoms with Gasteiger partial charge in [-0.05, 0) is 24.3 Å². The largest absolute Gasteiger partial charge is 0.496 e. The van der Waals surface area contributed by atoms with E-state index in [0.29, 0.717) is 17.1 Å². The summed E-state index contributed by atoms with van der Waals surface area (Å²) in [5.41, 5.74) is 1.38. The van der Waals surface area contributed by atoms with Crippen LogP contribution in [0.15, 0.2) is 48.1 Å². The first-order valence-electron chi connectivity index (χ1n) is 5.58. The molecule has 3 heteroatoms. The van der Waals surface area contributed by atoms with E-state index < -0.39 is 0 Å². The van der Waals surface area contributed by atoms with Crippen LogP contribution in [0.5, 0.6) is 11.5 Å². The Balaban J connectivity index is 2.50. The quantitative estimate of drug-likeness (QED) is 0.764. The van der Waals surface area contributed by atoms with Crippen LogP contribution < -0.4 is 9.47 Å². The molecule has 1 aromatic carbocycles. The fourth-order valence-electron chi connectivity index (χ4n) is 1.78. The molecular formula is C15H14O3. The van der Waals surface area contributed by atoms with Crippen molar-refractivity contribution < 1.29 is 14.3 Å². The average Bonchev–Trinajstić information content (AvgIpc) is 2.41. The number of ether oxygens (including phenoxy) is 2. The Morgan fingerprint density at radius 3 is 2.17 bits per heavy atom. The van der Waals surface area contributed by atoms with E-state index in [4.69, 9.17) is 9.47 Å². The van der Waals surface area contributed by atoms with Crippen molar-refractivity contribution in [2.45, 2.75) is 0 Å². The monoisotopic (exact) mass is 242 g/mol. The molecule has 0 heterocycles. The van der Waals surface area contributed by atoms with Crippen molar-refractivity contribution in [3.05, 3.63) is 53.6 Å². The molecule has 0 N–H and O–H groups in total. The van der Waals surface area contributed by atoms with Crippen LogP contribution in [-0.2, 0) is 4.79 Å². The predicted octanol–water partition coefficient (Wildman–Crippen LogP) is 2.78. The molecule has 2 rings (SSSR count). The summed E-state index contributed by atoms with van der Waals surface area (Å²) in [6.07, 6.45) is 8.64. The van der Waals surface area contributed by atoms with Crippen LogP contribution in [0, 0.1) is 0 Å². The van der Waals surface area contributed by atoms with Gasteiger partial charge in [-0.15, -0.1) is 0 Å². The smallest absolute Gasteiger partial charge is 0.185 e. The van der Waals surface area contributed by atoms with Gasteiger partial charge in [0, 0.05) is 5.57 Å². The van der Waals surface area contributed by atoms with Crippen LogP contribution in [0.4, 0.5) is 0 Å². The number of hydrogen-bond acceptors (Lipinski definition) is 3. The third kappa shape index (κ3) is 2.35. The molecule has 1 aromatic rings. The topological polar surface area (TPSA) is 35.5 Å². The number of carbonyl (C=O) groups excluding carboxylic acids is 1. The first-order chi connectivity index (χ1) is 8.76. The Bertz CT molecular complexity index is 529. The number of methoxy groups -OCH3 is 2. The SMILES string of the molecule is COc1cccc(OC)c1/C=C1\C=CC=CC1=O. The molecule has 1 aliphatic carbocycles. The highest BCUT2D eigenvalue weighted by molar-refractivity contribution is 6.10. The van der Waals surface area contributed by atoms with Crippen molar-refractivity contribution >= 4 is 11.9 Å². The summed E-state index contributed by atoms with van der Waals surface area (Å²) < 4.78 is 10.6. The van der Waals surface area contributed by atoms with Gasteiger partial charge in [0.05, 0.1) is 19.8 Å². The zero-order chi connectivity index (χ0) is 13.0. The molecule has 0 spiro atoms. The summed E-state index contributed by atoms with van der Waals surface area (Å²) in [6, 6.07) is 5.52. The normalized spacial score (nSPS) is 16.1. The lowest BCUT2D eigenvalue weighted by Gasteiger charge is -2.11. The van der Waals surface area contributed by atoms with Gasteiger partial charge in [-0.2, -0.15) is 0 Å². The molecule has 0 bridgehead atoms. The van der Waals surface area contributed by atoms with E-state index >= 15 is 0 Å². The Kier molecular flexibility index (Phi) is 3.63. The molecule has 0 atom stereocenters. The number of rotatable bonds is 3. The summed E-state index contributed by atoms with van der Waals surface area (Å²) in [7, 11) is 3.18. The minimum atomic E-state index is -0.0227. The Hall–Kier alpha value is -2.29. The molecule has 0 aromatic heterocycles.